The molecule has 1 fully saturated rings. The first-order valence-electron chi connectivity index (χ1n) is 11.2. The van der Waals surface area contributed by atoms with Crippen molar-refractivity contribution in [1.82, 2.24) is 25.5 Å². The van der Waals surface area contributed by atoms with Crippen LogP contribution in [0.25, 0.3) is 0 Å². The molecule has 11 heteroatoms. The summed E-state index contributed by atoms with van der Waals surface area (Å²) in [7, 11) is 1.80. The topological polar surface area (TPSA) is 116 Å². The van der Waals surface area contributed by atoms with Gasteiger partial charge < -0.3 is 20.1 Å². The SMILES string of the molecule is CN(C(=O)c1cc(Oc2c(Cl)cc(Nc3nn[nH]n3)cc2Cl)ccc1O)C1CCCCCCC1. The molecular weight excluding hydrogens is 479 g/mol. The number of nitrogens with zero attached hydrogens (tertiary/aromatic N) is 4. The summed E-state index contributed by atoms with van der Waals surface area (Å²) in [5, 5.41) is 27.3. The Morgan fingerprint density at radius 1 is 1.12 bits per heavy atom. The van der Waals surface area contributed by atoms with Gasteiger partial charge in [-0.3, -0.25) is 4.79 Å². The summed E-state index contributed by atoms with van der Waals surface area (Å²) in [6, 6.07) is 7.86. The number of ether oxygens (including phenoxy) is 1. The number of tetrazole rings is 1. The highest BCUT2D eigenvalue weighted by atomic mass is 35.5. The molecule has 1 heterocycles. The number of aromatic hydroxyl groups is 1. The van der Waals surface area contributed by atoms with Crippen LogP contribution < -0.4 is 10.1 Å². The molecule has 0 aliphatic heterocycles. The third kappa shape index (κ3) is 5.71. The number of anilines is 2. The van der Waals surface area contributed by atoms with Gasteiger partial charge in [-0.15, -0.1) is 5.10 Å². The molecule has 1 amide bonds. The summed E-state index contributed by atoms with van der Waals surface area (Å²) < 4.78 is 5.91. The van der Waals surface area contributed by atoms with E-state index in [9.17, 15) is 9.90 Å². The Hall–Kier alpha value is -3.04. The van der Waals surface area contributed by atoms with Crippen LogP contribution in [-0.4, -0.2) is 49.6 Å². The molecule has 0 radical (unpaired) electrons. The predicted octanol–water partition coefficient (Wildman–Crippen LogP) is 5.93. The van der Waals surface area contributed by atoms with Crippen molar-refractivity contribution >= 4 is 40.7 Å². The molecule has 1 aliphatic carbocycles. The van der Waals surface area contributed by atoms with E-state index in [0.29, 0.717) is 11.4 Å². The number of halogens is 2. The van der Waals surface area contributed by atoms with Crippen LogP contribution in [0.3, 0.4) is 0 Å². The van der Waals surface area contributed by atoms with Gasteiger partial charge in [0.2, 0.25) is 0 Å². The molecule has 1 saturated carbocycles. The van der Waals surface area contributed by atoms with E-state index in [1.165, 1.54) is 31.4 Å². The molecule has 4 rings (SSSR count). The van der Waals surface area contributed by atoms with E-state index in [-0.39, 0.29) is 45.0 Å². The summed E-state index contributed by atoms with van der Waals surface area (Å²) in [6.07, 6.45) is 7.78. The Labute approximate surface area is 207 Å². The van der Waals surface area contributed by atoms with Gasteiger partial charge in [0.05, 0.1) is 15.6 Å². The lowest BCUT2D eigenvalue weighted by Crippen LogP contribution is -2.37. The lowest BCUT2D eigenvalue weighted by Gasteiger charge is -2.30. The zero-order valence-corrected chi connectivity index (χ0v) is 20.2. The van der Waals surface area contributed by atoms with Gasteiger partial charge >= 0.3 is 0 Å². The second-order valence-electron chi connectivity index (χ2n) is 8.33. The average Bonchev–Trinajstić information content (AvgIpc) is 3.29. The maximum Gasteiger partial charge on any atom is 0.267 e. The van der Waals surface area contributed by atoms with Crippen molar-refractivity contribution in [1.29, 1.82) is 0 Å². The van der Waals surface area contributed by atoms with Crippen LogP contribution in [0.15, 0.2) is 30.3 Å². The molecule has 1 aliphatic rings. The number of carbonyl (C=O) groups is 1. The average molecular weight is 505 g/mol. The third-order valence-corrected chi connectivity index (χ3v) is 6.52. The van der Waals surface area contributed by atoms with Gasteiger partial charge in [-0.1, -0.05) is 60.4 Å². The van der Waals surface area contributed by atoms with Crippen molar-refractivity contribution in [3.63, 3.8) is 0 Å². The molecular formula is C23H26Cl2N6O3. The zero-order valence-electron chi connectivity index (χ0n) is 18.7. The Kier molecular flexibility index (Phi) is 7.74. The number of rotatable bonds is 6. The zero-order chi connectivity index (χ0) is 24.1. The predicted molar refractivity (Wildman–Crippen MR) is 130 cm³/mol. The number of hydrogen-bond acceptors (Lipinski definition) is 7. The van der Waals surface area contributed by atoms with Crippen molar-refractivity contribution in [2.24, 2.45) is 0 Å². The van der Waals surface area contributed by atoms with Crippen LogP contribution in [0.4, 0.5) is 11.6 Å². The second kappa shape index (κ2) is 10.9. The fourth-order valence-electron chi connectivity index (χ4n) is 4.12. The fourth-order valence-corrected chi connectivity index (χ4v) is 4.68. The lowest BCUT2D eigenvalue weighted by molar-refractivity contribution is 0.0703. The number of aromatic amines is 1. The van der Waals surface area contributed by atoms with E-state index in [1.807, 2.05) is 0 Å². The summed E-state index contributed by atoms with van der Waals surface area (Å²) in [5.74, 6) is 0.461. The van der Waals surface area contributed by atoms with Gasteiger partial charge in [0.25, 0.3) is 11.9 Å². The molecule has 0 atom stereocenters. The quantitative estimate of drug-likeness (QED) is 0.380. The number of hydrogen-bond donors (Lipinski definition) is 3. The number of aromatic nitrogens is 4. The molecule has 2 aromatic carbocycles. The van der Waals surface area contributed by atoms with E-state index >= 15 is 0 Å². The number of carbonyl (C=O) groups excluding carboxylic acids is 1. The fraction of sp³-hybridized carbons (Fsp3) is 0.391. The Morgan fingerprint density at radius 3 is 2.44 bits per heavy atom. The van der Waals surface area contributed by atoms with Crippen molar-refractivity contribution in [3.8, 4) is 17.2 Å². The van der Waals surface area contributed by atoms with Crippen LogP contribution in [0.5, 0.6) is 17.2 Å². The summed E-state index contributed by atoms with van der Waals surface area (Å²) in [5.41, 5.74) is 0.718. The number of phenols is 1. The highest BCUT2D eigenvalue weighted by Gasteiger charge is 2.24. The van der Waals surface area contributed by atoms with Crippen LogP contribution in [-0.2, 0) is 0 Å². The van der Waals surface area contributed by atoms with Gasteiger partial charge in [0.15, 0.2) is 5.75 Å². The molecule has 3 N–H and O–H groups in total. The smallest absolute Gasteiger partial charge is 0.267 e. The van der Waals surface area contributed by atoms with Gasteiger partial charge in [-0.25, -0.2) is 0 Å². The summed E-state index contributed by atoms with van der Waals surface area (Å²) in [6.45, 7) is 0. The molecule has 34 heavy (non-hydrogen) atoms. The second-order valence-corrected chi connectivity index (χ2v) is 9.14. The molecule has 180 valence electrons. The number of phenolic OH excluding ortho intramolecular Hbond substituents is 1. The van der Waals surface area contributed by atoms with Gasteiger partial charge in [-0.05, 0) is 48.4 Å². The molecule has 1 aromatic heterocycles. The maximum atomic E-state index is 13.2. The minimum atomic E-state index is -0.245. The molecule has 0 spiro atoms. The summed E-state index contributed by atoms with van der Waals surface area (Å²) >= 11 is 12.8. The van der Waals surface area contributed by atoms with Crippen molar-refractivity contribution in [3.05, 3.63) is 45.9 Å². The standard InChI is InChI=1S/C23H26Cl2N6O3/c1-31(15-7-5-3-2-4-6-8-15)22(33)17-13-16(9-10-20(17)32)34-21-18(24)11-14(12-19(21)25)26-23-27-29-30-28-23/h9-13,15,32H,2-8H2,1H3,(H2,26,27,28,29,30). The molecule has 0 saturated heterocycles. The maximum absolute atomic E-state index is 13.2. The Morgan fingerprint density at radius 2 is 1.79 bits per heavy atom. The van der Waals surface area contributed by atoms with Crippen LogP contribution >= 0.6 is 23.2 Å². The minimum absolute atomic E-state index is 0.105. The van der Waals surface area contributed by atoms with Crippen molar-refractivity contribution in [2.75, 3.05) is 12.4 Å². The Bertz CT molecular complexity index is 1110. The van der Waals surface area contributed by atoms with E-state index in [2.05, 4.69) is 25.9 Å². The van der Waals surface area contributed by atoms with Gasteiger partial charge in [-0.2, -0.15) is 5.21 Å². The van der Waals surface area contributed by atoms with E-state index < -0.39 is 0 Å². The van der Waals surface area contributed by atoms with Crippen LogP contribution in [0.1, 0.15) is 55.3 Å². The first-order valence-corrected chi connectivity index (χ1v) is 12.0. The van der Waals surface area contributed by atoms with Gasteiger partial charge in [0.1, 0.15) is 11.5 Å². The highest BCUT2D eigenvalue weighted by molar-refractivity contribution is 6.37. The highest BCUT2D eigenvalue weighted by Crippen LogP contribution is 2.40. The van der Waals surface area contributed by atoms with E-state index in [1.54, 1.807) is 30.1 Å². The van der Waals surface area contributed by atoms with Crippen LogP contribution in [0.2, 0.25) is 10.0 Å². The van der Waals surface area contributed by atoms with E-state index in [4.69, 9.17) is 27.9 Å². The molecule has 0 unspecified atom stereocenters. The number of amides is 1. The minimum Gasteiger partial charge on any atom is -0.507 e. The number of benzene rings is 2. The van der Waals surface area contributed by atoms with Gasteiger partial charge in [0, 0.05) is 18.8 Å². The number of nitrogens with one attached hydrogen (secondary N) is 2. The van der Waals surface area contributed by atoms with Crippen molar-refractivity contribution in [2.45, 2.75) is 51.0 Å². The molecule has 3 aromatic rings. The lowest BCUT2D eigenvalue weighted by atomic mass is 9.95. The first-order chi connectivity index (χ1) is 16.4. The monoisotopic (exact) mass is 504 g/mol. The molecule has 0 bridgehead atoms. The molecule has 9 nitrogen and oxygen atoms in total. The first kappa shape index (κ1) is 24.1. The van der Waals surface area contributed by atoms with Crippen LogP contribution in [0, 0.1) is 0 Å². The Balaban J connectivity index is 1.52. The van der Waals surface area contributed by atoms with E-state index in [0.717, 1.165) is 25.7 Å². The largest absolute Gasteiger partial charge is 0.507 e. The third-order valence-electron chi connectivity index (χ3n) is 5.96. The number of H-pyrrole nitrogens is 1. The normalized spacial score (nSPS) is 14.8. The van der Waals surface area contributed by atoms with Crippen molar-refractivity contribution < 1.29 is 14.6 Å². The summed E-state index contributed by atoms with van der Waals surface area (Å²) in [4.78, 5) is 15.0.